The highest BCUT2D eigenvalue weighted by Crippen LogP contribution is 2.10. The first-order valence-electron chi connectivity index (χ1n) is 9.81. The summed E-state index contributed by atoms with van der Waals surface area (Å²) in [6, 6.07) is 9.49. The van der Waals surface area contributed by atoms with Crippen molar-refractivity contribution in [2.24, 2.45) is 5.73 Å². The fourth-order valence-electron chi connectivity index (χ4n) is 2.92. The number of hydrogen-bond donors (Lipinski definition) is 2. The fourth-order valence-corrected chi connectivity index (χ4v) is 2.92. The molecule has 1 atom stereocenters. The third-order valence-electron chi connectivity index (χ3n) is 4.46. The van der Waals surface area contributed by atoms with Crippen molar-refractivity contribution in [2.75, 3.05) is 6.54 Å². The molecule has 136 valence electrons. The van der Waals surface area contributed by atoms with Gasteiger partial charge in [0.05, 0.1) is 6.04 Å². The number of benzene rings is 1. The standard InChI is InChI=1S/C21H36N2O/c1-2-3-4-5-6-7-8-9-10-14-17-23-21(24)20(22)18-19-15-12-11-13-16-19/h11-13,15-16,20H,2-10,14,17-18,22H2,1H3,(H,23,24)/t20-/m0/s1. The van der Waals surface area contributed by atoms with Crippen LogP contribution >= 0.6 is 0 Å². The summed E-state index contributed by atoms with van der Waals surface area (Å²) >= 11 is 0. The Hall–Kier alpha value is -1.35. The molecule has 0 saturated carbocycles. The summed E-state index contributed by atoms with van der Waals surface area (Å²) in [7, 11) is 0. The molecule has 0 unspecified atom stereocenters. The number of nitrogens with one attached hydrogen (secondary N) is 1. The summed E-state index contributed by atoms with van der Waals surface area (Å²) in [5.41, 5.74) is 7.08. The number of amides is 1. The van der Waals surface area contributed by atoms with E-state index in [9.17, 15) is 4.79 Å². The maximum absolute atomic E-state index is 12.0. The molecule has 1 aromatic rings. The van der Waals surface area contributed by atoms with Crippen LogP contribution in [-0.2, 0) is 11.2 Å². The van der Waals surface area contributed by atoms with Crippen molar-refractivity contribution in [3.8, 4) is 0 Å². The maximum Gasteiger partial charge on any atom is 0.237 e. The average molecular weight is 333 g/mol. The second-order valence-electron chi connectivity index (χ2n) is 6.77. The van der Waals surface area contributed by atoms with Gasteiger partial charge in [0.2, 0.25) is 5.91 Å². The minimum Gasteiger partial charge on any atom is -0.355 e. The molecule has 0 aliphatic rings. The van der Waals surface area contributed by atoms with Gasteiger partial charge in [-0.1, -0.05) is 95.0 Å². The van der Waals surface area contributed by atoms with Crippen molar-refractivity contribution in [3.05, 3.63) is 35.9 Å². The monoisotopic (exact) mass is 332 g/mol. The molecule has 24 heavy (non-hydrogen) atoms. The predicted molar refractivity (Wildman–Crippen MR) is 103 cm³/mol. The van der Waals surface area contributed by atoms with E-state index < -0.39 is 6.04 Å². The van der Waals surface area contributed by atoms with Gasteiger partial charge in [0.1, 0.15) is 0 Å². The van der Waals surface area contributed by atoms with Crippen LogP contribution in [0, 0.1) is 0 Å². The molecule has 0 saturated heterocycles. The number of carbonyl (C=O) groups excluding carboxylic acids is 1. The summed E-state index contributed by atoms with van der Waals surface area (Å²) in [5.74, 6) is -0.0326. The molecule has 0 fully saturated rings. The van der Waals surface area contributed by atoms with Gasteiger partial charge in [-0.15, -0.1) is 0 Å². The first-order valence-corrected chi connectivity index (χ1v) is 9.81. The normalized spacial score (nSPS) is 12.1. The van der Waals surface area contributed by atoms with Gasteiger partial charge < -0.3 is 11.1 Å². The van der Waals surface area contributed by atoms with Gasteiger partial charge in [0, 0.05) is 6.54 Å². The minimum absolute atomic E-state index is 0.0326. The highest BCUT2D eigenvalue weighted by atomic mass is 16.2. The Balaban J connectivity index is 1.94. The van der Waals surface area contributed by atoms with E-state index in [1.807, 2.05) is 30.3 Å². The molecule has 3 heteroatoms. The molecule has 1 aromatic carbocycles. The lowest BCUT2D eigenvalue weighted by Crippen LogP contribution is -2.42. The van der Waals surface area contributed by atoms with Crippen LogP contribution in [0.1, 0.15) is 76.7 Å². The van der Waals surface area contributed by atoms with Crippen LogP contribution < -0.4 is 11.1 Å². The van der Waals surface area contributed by atoms with Crippen molar-refractivity contribution < 1.29 is 4.79 Å². The molecule has 0 bridgehead atoms. The molecule has 0 spiro atoms. The average Bonchev–Trinajstić information content (AvgIpc) is 2.60. The van der Waals surface area contributed by atoms with E-state index in [0.29, 0.717) is 6.42 Å². The van der Waals surface area contributed by atoms with E-state index in [-0.39, 0.29) is 5.91 Å². The Labute approximate surface area is 148 Å². The quantitative estimate of drug-likeness (QED) is 0.489. The third kappa shape index (κ3) is 10.4. The molecule has 3 N–H and O–H groups in total. The van der Waals surface area contributed by atoms with E-state index in [1.54, 1.807) is 0 Å². The minimum atomic E-state index is -0.449. The smallest absolute Gasteiger partial charge is 0.237 e. The summed E-state index contributed by atoms with van der Waals surface area (Å²) < 4.78 is 0. The van der Waals surface area contributed by atoms with Crippen LogP contribution in [0.4, 0.5) is 0 Å². The Morgan fingerprint density at radius 2 is 1.46 bits per heavy atom. The van der Waals surface area contributed by atoms with Gasteiger partial charge in [-0.2, -0.15) is 0 Å². The highest BCUT2D eigenvalue weighted by molar-refractivity contribution is 5.81. The van der Waals surface area contributed by atoms with Crippen LogP contribution in [0.2, 0.25) is 0 Å². The van der Waals surface area contributed by atoms with E-state index >= 15 is 0 Å². The first kappa shape index (κ1) is 20.7. The van der Waals surface area contributed by atoms with Gasteiger partial charge in [-0.3, -0.25) is 4.79 Å². The molecular weight excluding hydrogens is 296 g/mol. The van der Waals surface area contributed by atoms with Crippen LogP contribution in [0.25, 0.3) is 0 Å². The Morgan fingerprint density at radius 1 is 0.917 bits per heavy atom. The second kappa shape index (κ2) is 14.0. The molecule has 0 aliphatic heterocycles. The topological polar surface area (TPSA) is 55.1 Å². The fraction of sp³-hybridized carbons (Fsp3) is 0.667. The van der Waals surface area contributed by atoms with Gasteiger partial charge in [-0.05, 0) is 18.4 Å². The maximum atomic E-state index is 12.0. The lowest BCUT2D eigenvalue weighted by atomic mass is 10.1. The molecule has 0 radical (unpaired) electrons. The largest absolute Gasteiger partial charge is 0.355 e. The Morgan fingerprint density at radius 3 is 2.04 bits per heavy atom. The summed E-state index contributed by atoms with van der Waals surface area (Å²) in [4.78, 5) is 12.0. The zero-order valence-electron chi connectivity index (χ0n) is 15.4. The molecule has 3 nitrogen and oxygen atoms in total. The number of carbonyl (C=O) groups is 1. The van der Waals surface area contributed by atoms with Crippen molar-refractivity contribution >= 4 is 5.91 Å². The molecular formula is C21H36N2O. The zero-order valence-corrected chi connectivity index (χ0v) is 15.4. The number of unbranched alkanes of at least 4 members (excludes halogenated alkanes) is 9. The van der Waals surface area contributed by atoms with Gasteiger partial charge >= 0.3 is 0 Å². The van der Waals surface area contributed by atoms with E-state index in [1.165, 1.54) is 57.8 Å². The summed E-state index contributed by atoms with van der Waals surface area (Å²) in [6.45, 7) is 3.01. The second-order valence-corrected chi connectivity index (χ2v) is 6.77. The van der Waals surface area contributed by atoms with Crippen LogP contribution in [0.3, 0.4) is 0 Å². The van der Waals surface area contributed by atoms with E-state index in [2.05, 4.69) is 12.2 Å². The number of nitrogens with two attached hydrogens (primary N) is 1. The molecule has 0 aromatic heterocycles. The third-order valence-corrected chi connectivity index (χ3v) is 4.46. The van der Waals surface area contributed by atoms with E-state index in [0.717, 1.165) is 18.5 Å². The van der Waals surface area contributed by atoms with Crippen molar-refractivity contribution in [1.82, 2.24) is 5.32 Å². The van der Waals surface area contributed by atoms with Gasteiger partial charge in [0.25, 0.3) is 0 Å². The molecule has 1 amide bonds. The van der Waals surface area contributed by atoms with Gasteiger partial charge in [0.15, 0.2) is 0 Å². The highest BCUT2D eigenvalue weighted by Gasteiger charge is 2.12. The van der Waals surface area contributed by atoms with Crippen LogP contribution in [0.5, 0.6) is 0 Å². The SMILES string of the molecule is CCCCCCCCCCCCNC(=O)[C@@H](N)Cc1ccccc1. The molecule has 0 heterocycles. The van der Waals surface area contributed by atoms with Crippen molar-refractivity contribution in [3.63, 3.8) is 0 Å². The van der Waals surface area contributed by atoms with Crippen molar-refractivity contribution in [2.45, 2.75) is 83.6 Å². The first-order chi connectivity index (χ1) is 11.7. The lowest BCUT2D eigenvalue weighted by molar-refractivity contribution is -0.122. The van der Waals surface area contributed by atoms with Crippen molar-refractivity contribution in [1.29, 1.82) is 0 Å². The van der Waals surface area contributed by atoms with Gasteiger partial charge in [-0.25, -0.2) is 0 Å². The lowest BCUT2D eigenvalue weighted by Gasteiger charge is -2.12. The van der Waals surface area contributed by atoms with Crippen LogP contribution in [0.15, 0.2) is 30.3 Å². The van der Waals surface area contributed by atoms with Crippen LogP contribution in [-0.4, -0.2) is 18.5 Å². The van der Waals surface area contributed by atoms with E-state index in [4.69, 9.17) is 5.73 Å². The number of rotatable bonds is 14. The predicted octanol–water partition coefficient (Wildman–Crippen LogP) is 4.59. The summed E-state index contributed by atoms with van der Waals surface area (Å²) in [5, 5.41) is 2.96. The Bertz CT molecular complexity index is 419. The number of hydrogen-bond acceptors (Lipinski definition) is 2. The molecule has 0 aliphatic carbocycles. The molecule has 1 rings (SSSR count). The zero-order chi connectivity index (χ0) is 17.5. The Kier molecular flexibility index (Phi) is 12.1. The summed E-state index contributed by atoms with van der Waals surface area (Å²) in [6.07, 6.45) is 13.7.